The molecular formula is C16H23N5. The normalized spacial score (nSPS) is 10.6. The summed E-state index contributed by atoms with van der Waals surface area (Å²) in [4.78, 5) is 6.43. The Balaban J connectivity index is 1.83. The van der Waals surface area contributed by atoms with Gasteiger partial charge in [-0.1, -0.05) is 13.0 Å². The van der Waals surface area contributed by atoms with E-state index >= 15 is 0 Å². The fourth-order valence-electron chi connectivity index (χ4n) is 1.99. The van der Waals surface area contributed by atoms with Gasteiger partial charge >= 0.3 is 0 Å². The molecule has 0 aliphatic heterocycles. The van der Waals surface area contributed by atoms with Crippen LogP contribution in [0.15, 0.2) is 36.5 Å². The lowest BCUT2D eigenvalue weighted by atomic mass is 10.2. The molecule has 0 aliphatic rings. The third-order valence-corrected chi connectivity index (χ3v) is 3.26. The van der Waals surface area contributed by atoms with Gasteiger partial charge in [-0.2, -0.15) is 5.10 Å². The van der Waals surface area contributed by atoms with Gasteiger partial charge in [0.1, 0.15) is 0 Å². The van der Waals surface area contributed by atoms with Crippen molar-refractivity contribution in [1.82, 2.24) is 20.5 Å². The average molecular weight is 285 g/mol. The molecular weight excluding hydrogens is 262 g/mol. The van der Waals surface area contributed by atoms with Gasteiger partial charge < -0.3 is 10.2 Å². The summed E-state index contributed by atoms with van der Waals surface area (Å²) in [6.45, 7) is 4.81. The summed E-state index contributed by atoms with van der Waals surface area (Å²) < 4.78 is 0. The molecule has 1 N–H and O–H groups in total. The predicted octanol–water partition coefficient (Wildman–Crippen LogP) is 2.05. The third-order valence-electron chi connectivity index (χ3n) is 3.26. The highest BCUT2D eigenvalue weighted by atomic mass is 15.2. The van der Waals surface area contributed by atoms with Gasteiger partial charge in [-0.05, 0) is 37.2 Å². The fraction of sp³-hybridized carbons (Fsp3) is 0.438. The van der Waals surface area contributed by atoms with E-state index in [9.17, 15) is 0 Å². The maximum absolute atomic E-state index is 4.33. The van der Waals surface area contributed by atoms with Crippen LogP contribution in [0.1, 0.15) is 24.7 Å². The van der Waals surface area contributed by atoms with Gasteiger partial charge in [0.15, 0.2) is 5.82 Å². The Hall–Kier alpha value is -2.01. The molecule has 0 unspecified atom stereocenters. The number of aromatic nitrogens is 3. The number of nitrogens with zero attached hydrogens (tertiary/aromatic N) is 4. The Morgan fingerprint density at radius 1 is 1.10 bits per heavy atom. The van der Waals surface area contributed by atoms with Crippen LogP contribution in [0.4, 0.5) is 5.82 Å². The highest BCUT2D eigenvalue weighted by Crippen LogP contribution is 2.08. The molecule has 5 nitrogen and oxygen atoms in total. The van der Waals surface area contributed by atoms with Gasteiger partial charge in [0.25, 0.3) is 0 Å². The highest BCUT2D eigenvalue weighted by molar-refractivity contribution is 5.36. The van der Waals surface area contributed by atoms with Crippen LogP contribution in [0.25, 0.3) is 0 Å². The minimum absolute atomic E-state index is 0.777. The first-order valence-corrected chi connectivity index (χ1v) is 7.44. The molecule has 0 saturated carbocycles. The minimum atomic E-state index is 0.777. The van der Waals surface area contributed by atoms with Crippen LogP contribution in [0.2, 0.25) is 0 Å². The average Bonchev–Trinajstić information content (AvgIpc) is 2.54. The monoisotopic (exact) mass is 285 g/mol. The largest absolute Gasteiger partial charge is 0.358 e. The summed E-state index contributed by atoms with van der Waals surface area (Å²) in [5.41, 5.74) is 2.07. The van der Waals surface area contributed by atoms with Gasteiger partial charge in [-0.25, -0.2) is 0 Å². The maximum atomic E-state index is 4.33. The molecule has 0 saturated heterocycles. The number of hydrogen-bond donors (Lipinski definition) is 1. The van der Waals surface area contributed by atoms with Crippen molar-refractivity contribution >= 4 is 5.82 Å². The molecule has 5 heteroatoms. The van der Waals surface area contributed by atoms with Crippen molar-refractivity contribution in [1.29, 1.82) is 0 Å². The lowest BCUT2D eigenvalue weighted by Crippen LogP contribution is -2.22. The van der Waals surface area contributed by atoms with E-state index in [0.717, 1.165) is 49.7 Å². The first-order chi connectivity index (χ1) is 10.3. The van der Waals surface area contributed by atoms with E-state index < -0.39 is 0 Å². The van der Waals surface area contributed by atoms with Crippen molar-refractivity contribution in [2.75, 3.05) is 25.0 Å². The summed E-state index contributed by atoms with van der Waals surface area (Å²) in [7, 11) is 2.03. The SMILES string of the molecule is CCCNCc1ccc(N(C)CCc2ccccn2)nn1. The molecule has 2 aromatic heterocycles. The Labute approximate surface area is 126 Å². The quantitative estimate of drug-likeness (QED) is 0.752. The van der Waals surface area contributed by atoms with Gasteiger partial charge in [0.2, 0.25) is 0 Å². The van der Waals surface area contributed by atoms with Crippen LogP contribution in [0, 0.1) is 0 Å². The molecule has 2 rings (SSSR count). The Bertz CT molecular complexity index is 512. The van der Waals surface area contributed by atoms with Crippen molar-refractivity contribution in [2.45, 2.75) is 26.3 Å². The van der Waals surface area contributed by atoms with Crippen LogP contribution < -0.4 is 10.2 Å². The van der Waals surface area contributed by atoms with Crippen LogP contribution in [-0.4, -0.2) is 35.3 Å². The number of rotatable bonds is 8. The zero-order chi connectivity index (χ0) is 14.9. The highest BCUT2D eigenvalue weighted by Gasteiger charge is 2.04. The van der Waals surface area contributed by atoms with E-state index in [4.69, 9.17) is 0 Å². The number of pyridine rings is 1. The first kappa shape index (κ1) is 15.4. The van der Waals surface area contributed by atoms with Crippen molar-refractivity contribution < 1.29 is 0 Å². The van der Waals surface area contributed by atoms with E-state index in [0.29, 0.717) is 0 Å². The topological polar surface area (TPSA) is 53.9 Å². The Kier molecular flexibility index (Phi) is 6.09. The lowest BCUT2D eigenvalue weighted by Gasteiger charge is -2.17. The van der Waals surface area contributed by atoms with Gasteiger partial charge in [0.05, 0.1) is 5.69 Å². The number of likely N-dealkylation sites (N-methyl/N-ethyl adjacent to an activating group) is 1. The van der Waals surface area contributed by atoms with Crippen molar-refractivity contribution in [3.05, 3.63) is 47.9 Å². The molecule has 0 fully saturated rings. The molecule has 0 radical (unpaired) electrons. The zero-order valence-electron chi connectivity index (χ0n) is 12.8. The van der Waals surface area contributed by atoms with Gasteiger partial charge in [-0.15, -0.1) is 5.10 Å². The van der Waals surface area contributed by atoms with Gasteiger partial charge in [-0.3, -0.25) is 4.98 Å². The number of hydrogen-bond acceptors (Lipinski definition) is 5. The van der Waals surface area contributed by atoms with E-state index in [-0.39, 0.29) is 0 Å². The second-order valence-corrected chi connectivity index (χ2v) is 5.05. The molecule has 112 valence electrons. The van der Waals surface area contributed by atoms with E-state index in [1.165, 1.54) is 0 Å². The van der Waals surface area contributed by atoms with E-state index in [1.807, 2.05) is 43.6 Å². The summed E-state index contributed by atoms with van der Waals surface area (Å²) in [5, 5.41) is 11.9. The van der Waals surface area contributed by atoms with Crippen LogP contribution in [0.5, 0.6) is 0 Å². The maximum Gasteiger partial charge on any atom is 0.150 e. The zero-order valence-corrected chi connectivity index (χ0v) is 12.8. The molecule has 0 atom stereocenters. The minimum Gasteiger partial charge on any atom is -0.358 e. The summed E-state index contributed by atoms with van der Waals surface area (Å²) in [6.07, 6.45) is 3.85. The fourth-order valence-corrected chi connectivity index (χ4v) is 1.99. The number of nitrogens with one attached hydrogen (secondary N) is 1. The molecule has 0 aliphatic carbocycles. The summed E-state index contributed by atoms with van der Waals surface area (Å²) >= 11 is 0. The molecule has 2 heterocycles. The van der Waals surface area contributed by atoms with E-state index in [2.05, 4.69) is 32.3 Å². The molecule has 0 bridgehead atoms. The van der Waals surface area contributed by atoms with Crippen molar-refractivity contribution in [2.24, 2.45) is 0 Å². The molecule has 0 aromatic carbocycles. The van der Waals surface area contributed by atoms with Crippen LogP contribution in [0.3, 0.4) is 0 Å². The predicted molar refractivity (Wildman–Crippen MR) is 85.2 cm³/mol. The molecule has 2 aromatic rings. The number of anilines is 1. The van der Waals surface area contributed by atoms with Crippen molar-refractivity contribution in [3.8, 4) is 0 Å². The smallest absolute Gasteiger partial charge is 0.150 e. The van der Waals surface area contributed by atoms with Crippen LogP contribution >= 0.6 is 0 Å². The Morgan fingerprint density at radius 2 is 2.00 bits per heavy atom. The van der Waals surface area contributed by atoms with Crippen LogP contribution in [-0.2, 0) is 13.0 Å². The second kappa shape index (κ2) is 8.32. The molecule has 21 heavy (non-hydrogen) atoms. The third kappa shape index (κ3) is 5.11. The summed E-state index contributed by atoms with van der Waals surface area (Å²) in [5.74, 6) is 0.894. The second-order valence-electron chi connectivity index (χ2n) is 5.05. The van der Waals surface area contributed by atoms with E-state index in [1.54, 1.807) is 0 Å². The standard InChI is InChI=1S/C16H23N5/c1-3-10-17-13-15-7-8-16(20-19-15)21(2)12-9-14-6-4-5-11-18-14/h4-8,11,17H,3,9-10,12-13H2,1-2H3. The first-order valence-electron chi connectivity index (χ1n) is 7.44. The molecule has 0 spiro atoms. The van der Waals surface area contributed by atoms with Crippen molar-refractivity contribution in [3.63, 3.8) is 0 Å². The molecule has 0 amide bonds. The lowest BCUT2D eigenvalue weighted by molar-refractivity contribution is 0.655. The van der Waals surface area contributed by atoms with Gasteiger partial charge in [0, 0.05) is 38.4 Å². The summed E-state index contributed by atoms with van der Waals surface area (Å²) in [6, 6.07) is 10.0. The Morgan fingerprint density at radius 3 is 2.67 bits per heavy atom.